The van der Waals surface area contributed by atoms with Gasteiger partial charge in [0.2, 0.25) is 0 Å². The Labute approximate surface area is 300 Å². The van der Waals surface area contributed by atoms with Gasteiger partial charge >= 0.3 is 29.6 Å². The zero-order chi connectivity index (χ0) is 34.7. The van der Waals surface area contributed by atoms with Gasteiger partial charge in [0.25, 0.3) is 0 Å². The summed E-state index contributed by atoms with van der Waals surface area (Å²) in [4.78, 5) is 27.5. The third-order valence-corrected chi connectivity index (χ3v) is 11.8. The number of benzene rings is 5. The second kappa shape index (κ2) is 14.1. The number of carbonyl (C=O) groups is 2. The van der Waals surface area contributed by atoms with E-state index in [1.165, 1.54) is 121 Å². The first kappa shape index (κ1) is 35.7. The van der Waals surface area contributed by atoms with Gasteiger partial charge in [0.05, 0.1) is 0 Å². The largest absolute Gasteiger partial charge is 0.412 e. The van der Waals surface area contributed by atoms with E-state index in [2.05, 4.69) is 0 Å². The van der Waals surface area contributed by atoms with Gasteiger partial charge in [-0.2, -0.15) is 26.3 Å². The zero-order valence-electron chi connectivity index (χ0n) is 24.4. The van der Waals surface area contributed by atoms with Gasteiger partial charge in [0, 0.05) is 33.2 Å². The van der Waals surface area contributed by atoms with Crippen molar-refractivity contribution in [3.63, 3.8) is 0 Å². The molecular weight excluding hydrogens is 882 g/mol. The number of halogens is 8. The fraction of sp³-hybridized carbons (Fsp3) is 0.0857. The van der Waals surface area contributed by atoms with Gasteiger partial charge in [-0.1, -0.05) is 54.6 Å². The van der Waals surface area contributed by atoms with Crippen molar-refractivity contribution in [2.24, 2.45) is 0 Å². The van der Waals surface area contributed by atoms with Crippen LogP contribution in [0.4, 0.5) is 37.7 Å². The second-order valence-electron chi connectivity index (χ2n) is 10.2. The SMILES string of the molecule is O=C(OS(c1ccccc1)(c1ccccc1)c1ccccc1)C(F)(F)C(F)(F)C(F)(F)C(=O)N(c1ccc(I)cc1)c1ccc(I)cc1. The lowest BCUT2D eigenvalue weighted by Crippen LogP contribution is -2.63. The summed E-state index contributed by atoms with van der Waals surface area (Å²) in [6.45, 7) is 0. The summed E-state index contributed by atoms with van der Waals surface area (Å²) in [5.74, 6) is -24.4. The van der Waals surface area contributed by atoms with E-state index in [9.17, 15) is 9.59 Å². The molecule has 0 radical (unpaired) electrons. The lowest BCUT2D eigenvalue weighted by atomic mass is 10.0. The van der Waals surface area contributed by atoms with Crippen molar-refractivity contribution in [1.29, 1.82) is 0 Å². The summed E-state index contributed by atoms with van der Waals surface area (Å²) in [5, 5.41) is 0. The number of hydrogen-bond acceptors (Lipinski definition) is 3. The fourth-order valence-corrected chi connectivity index (χ4v) is 8.50. The van der Waals surface area contributed by atoms with Crippen molar-refractivity contribution in [3.05, 3.63) is 147 Å². The van der Waals surface area contributed by atoms with Crippen LogP contribution >= 0.6 is 55.5 Å². The third kappa shape index (κ3) is 6.55. The fourth-order valence-electron chi connectivity index (χ4n) is 4.72. The normalized spacial score (nSPS) is 12.7. The van der Waals surface area contributed by atoms with Crippen LogP contribution in [0.1, 0.15) is 0 Å². The Kier molecular flexibility index (Phi) is 10.5. The number of carbonyl (C=O) groups excluding carboxylic acids is 2. The number of nitrogens with zero attached hydrogens (tertiary/aromatic N) is 1. The van der Waals surface area contributed by atoms with Crippen molar-refractivity contribution in [3.8, 4) is 0 Å². The first-order chi connectivity index (χ1) is 22.7. The van der Waals surface area contributed by atoms with Crippen LogP contribution in [0.2, 0.25) is 0 Å². The Morgan fingerprint density at radius 2 is 0.854 bits per heavy atom. The molecule has 13 heteroatoms. The second-order valence-corrected chi connectivity index (χ2v) is 15.4. The Morgan fingerprint density at radius 1 is 0.521 bits per heavy atom. The summed E-state index contributed by atoms with van der Waals surface area (Å²) in [6.07, 6.45) is 0. The van der Waals surface area contributed by atoms with E-state index in [0.29, 0.717) is 7.14 Å². The monoisotopic (exact) mass is 905 g/mol. The molecule has 0 saturated heterocycles. The number of alkyl halides is 6. The molecule has 5 rings (SSSR count). The summed E-state index contributed by atoms with van der Waals surface area (Å²) in [6, 6.07) is 33.2. The predicted molar refractivity (Wildman–Crippen MR) is 188 cm³/mol. The quantitative estimate of drug-likeness (QED) is 0.104. The highest BCUT2D eigenvalue weighted by Gasteiger charge is 2.79. The van der Waals surface area contributed by atoms with Crippen LogP contribution in [0.5, 0.6) is 0 Å². The van der Waals surface area contributed by atoms with Crippen molar-refractivity contribution in [1.82, 2.24) is 0 Å². The Hall–Kier alpha value is -3.57. The van der Waals surface area contributed by atoms with E-state index in [-0.39, 0.29) is 31.0 Å². The zero-order valence-corrected chi connectivity index (χ0v) is 29.5. The van der Waals surface area contributed by atoms with E-state index in [4.69, 9.17) is 4.18 Å². The van der Waals surface area contributed by atoms with Gasteiger partial charge < -0.3 is 4.18 Å². The third-order valence-electron chi connectivity index (χ3n) is 7.11. The van der Waals surface area contributed by atoms with E-state index >= 15 is 26.3 Å². The molecule has 0 aliphatic rings. The van der Waals surface area contributed by atoms with Crippen LogP contribution in [0, 0.1) is 7.14 Å². The molecule has 0 saturated carbocycles. The van der Waals surface area contributed by atoms with Crippen LogP contribution in [-0.2, 0) is 13.8 Å². The smallest absolute Gasteiger partial charge is 0.397 e. The summed E-state index contributed by atoms with van der Waals surface area (Å²) < 4.78 is 101. The Bertz CT molecular complexity index is 1740. The first-order valence-corrected chi connectivity index (χ1v) is 17.7. The van der Waals surface area contributed by atoms with Crippen LogP contribution in [0.3, 0.4) is 0 Å². The highest BCUT2D eigenvalue weighted by atomic mass is 127. The molecule has 0 aliphatic carbocycles. The minimum atomic E-state index is -6.55. The molecule has 1 amide bonds. The summed E-state index contributed by atoms with van der Waals surface area (Å²) >= 11 is 3.81. The molecule has 48 heavy (non-hydrogen) atoms. The molecular formula is C35H23F6I2NO3S. The lowest BCUT2D eigenvalue weighted by Gasteiger charge is -2.41. The Balaban J connectivity index is 1.60. The molecule has 248 valence electrons. The molecule has 5 aromatic carbocycles. The molecule has 0 heterocycles. The predicted octanol–water partition coefficient (Wildman–Crippen LogP) is 10.9. The molecule has 0 unspecified atom stereocenters. The Morgan fingerprint density at radius 3 is 1.19 bits per heavy atom. The number of amides is 1. The number of hydrogen-bond donors (Lipinski definition) is 0. The van der Waals surface area contributed by atoms with E-state index in [1.54, 1.807) is 18.2 Å². The maximum atomic E-state index is 15.8. The standard InChI is InChI=1S/C35H23F6I2NO3S/c36-33(37,31(45)44(26-20-16-24(42)17-21-26)27-22-18-25(43)19-23-27)35(40,41)34(38,39)32(46)47-48(28-10-4-1-5-11-28,29-12-6-2-7-13-29)30-14-8-3-9-15-30/h1-23H. The minimum absolute atomic E-state index is 0.154. The van der Waals surface area contributed by atoms with Crippen molar-refractivity contribution < 1.29 is 40.1 Å². The molecule has 5 aromatic rings. The molecule has 0 bridgehead atoms. The van der Waals surface area contributed by atoms with Gasteiger partial charge in [0.15, 0.2) is 0 Å². The van der Waals surface area contributed by atoms with E-state index < -0.39 is 40.0 Å². The topological polar surface area (TPSA) is 46.6 Å². The maximum absolute atomic E-state index is 15.8. The molecule has 0 atom stereocenters. The molecule has 0 aliphatic heterocycles. The molecule has 0 spiro atoms. The van der Waals surface area contributed by atoms with Crippen molar-refractivity contribution in [2.45, 2.75) is 32.5 Å². The lowest BCUT2D eigenvalue weighted by molar-refractivity contribution is -0.290. The van der Waals surface area contributed by atoms with Gasteiger partial charge in [-0.05, 0) is 140 Å². The van der Waals surface area contributed by atoms with Crippen LogP contribution in [-0.4, -0.2) is 29.6 Å². The highest BCUT2D eigenvalue weighted by Crippen LogP contribution is 2.70. The van der Waals surface area contributed by atoms with Gasteiger partial charge in [0.1, 0.15) is 0 Å². The van der Waals surface area contributed by atoms with E-state index in [1.807, 2.05) is 45.2 Å². The molecule has 0 fully saturated rings. The highest BCUT2D eigenvalue weighted by molar-refractivity contribution is 14.1. The van der Waals surface area contributed by atoms with Gasteiger partial charge in [-0.3, -0.25) is 9.69 Å². The van der Waals surface area contributed by atoms with Crippen LogP contribution in [0.25, 0.3) is 0 Å². The average Bonchev–Trinajstić information content (AvgIpc) is 3.09. The number of rotatable bonds is 10. The summed E-state index contributed by atoms with van der Waals surface area (Å²) in [7, 11) is -3.56. The van der Waals surface area contributed by atoms with Crippen molar-refractivity contribution in [2.75, 3.05) is 4.90 Å². The first-order valence-electron chi connectivity index (χ1n) is 13.9. The number of anilines is 2. The molecule has 4 nitrogen and oxygen atoms in total. The van der Waals surface area contributed by atoms with Crippen molar-refractivity contribution >= 4 is 78.7 Å². The molecule has 0 N–H and O–H groups in total. The minimum Gasteiger partial charge on any atom is -0.397 e. The summed E-state index contributed by atoms with van der Waals surface area (Å²) in [5.41, 5.74) is -0.577. The average molecular weight is 905 g/mol. The molecule has 0 aromatic heterocycles. The van der Waals surface area contributed by atoms with Crippen LogP contribution in [0.15, 0.2) is 154 Å². The van der Waals surface area contributed by atoms with Gasteiger partial charge in [-0.15, -0.1) is 0 Å². The van der Waals surface area contributed by atoms with Gasteiger partial charge in [-0.25, -0.2) is 4.79 Å². The van der Waals surface area contributed by atoms with E-state index in [0.717, 1.165) is 0 Å². The van der Waals surface area contributed by atoms with Crippen LogP contribution < -0.4 is 4.90 Å². The maximum Gasteiger partial charge on any atom is 0.412 e.